The predicted octanol–water partition coefficient (Wildman–Crippen LogP) is 4.08. The first kappa shape index (κ1) is 22.7. The number of ether oxygens (including phenoxy) is 1. The molecule has 162 valence electrons. The molecule has 3 aromatic rings. The maximum atomic E-state index is 13.1. The Morgan fingerprint density at radius 2 is 1.61 bits per heavy atom. The van der Waals surface area contributed by atoms with E-state index >= 15 is 0 Å². The molecule has 2 unspecified atom stereocenters. The molecule has 3 rings (SSSR count). The number of methoxy groups -OCH3 is 1. The van der Waals surface area contributed by atoms with Crippen molar-refractivity contribution in [2.75, 3.05) is 7.11 Å². The summed E-state index contributed by atoms with van der Waals surface area (Å²) in [6.07, 6.45) is -1.51. The molecule has 0 aliphatic heterocycles. The topological polar surface area (TPSA) is 89.9 Å². The lowest BCUT2D eigenvalue weighted by Crippen LogP contribution is -2.43. The SMILES string of the molecule is COc1cccc(C(OS(=O)(=O)c2ccc(C)cc2)C(C)(O)C(=O)c2ccccc2)c1. The molecule has 0 spiro atoms. The molecule has 0 aromatic heterocycles. The summed E-state index contributed by atoms with van der Waals surface area (Å²) < 4.78 is 36.7. The van der Waals surface area contributed by atoms with Crippen LogP contribution in [-0.2, 0) is 14.3 Å². The first-order valence-corrected chi connectivity index (χ1v) is 11.0. The Bertz CT molecular complexity index is 1150. The van der Waals surface area contributed by atoms with E-state index in [1.165, 1.54) is 32.2 Å². The van der Waals surface area contributed by atoms with Crippen LogP contribution in [0.2, 0.25) is 0 Å². The van der Waals surface area contributed by atoms with Gasteiger partial charge in [0.2, 0.25) is 0 Å². The lowest BCUT2D eigenvalue weighted by molar-refractivity contribution is -0.0268. The molecule has 1 N–H and O–H groups in total. The molecule has 6 nitrogen and oxygen atoms in total. The molecule has 0 aliphatic rings. The van der Waals surface area contributed by atoms with Gasteiger partial charge in [0.05, 0.1) is 12.0 Å². The van der Waals surface area contributed by atoms with Gasteiger partial charge in [-0.3, -0.25) is 8.98 Å². The van der Waals surface area contributed by atoms with Crippen LogP contribution in [0.4, 0.5) is 0 Å². The molecule has 0 bridgehead atoms. The van der Waals surface area contributed by atoms with Gasteiger partial charge in [-0.2, -0.15) is 8.42 Å². The van der Waals surface area contributed by atoms with Crippen molar-refractivity contribution in [3.63, 3.8) is 0 Å². The number of aryl methyl sites for hydroxylation is 1. The molecule has 2 atom stereocenters. The van der Waals surface area contributed by atoms with Crippen LogP contribution in [0.3, 0.4) is 0 Å². The van der Waals surface area contributed by atoms with Crippen LogP contribution in [0.1, 0.15) is 34.5 Å². The largest absolute Gasteiger partial charge is 0.497 e. The van der Waals surface area contributed by atoms with Gasteiger partial charge in [-0.1, -0.05) is 60.2 Å². The van der Waals surface area contributed by atoms with Crippen molar-refractivity contribution in [2.24, 2.45) is 0 Å². The van der Waals surface area contributed by atoms with Crippen LogP contribution in [0.15, 0.2) is 83.8 Å². The number of aliphatic hydroxyl groups is 1. The number of hydrogen-bond acceptors (Lipinski definition) is 6. The summed E-state index contributed by atoms with van der Waals surface area (Å²) in [6, 6.07) is 20.7. The second-order valence-corrected chi connectivity index (χ2v) is 8.93. The first-order chi connectivity index (χ1) is 14.6. The molecule has 0 heterocycles. The van der Waals surface area contributed by atoms with E-state index in [2.05, 4.69) is 0 Å². The minimum Gasteiger partial charge on any atom is -0.497 e. The van der Waals surface area contributed by atoms with E-state index in [0.29, 0.717) is 5.75 Å². The van der Waals surface area contributed by atoms with Crippen molar-refractivity contribution < 1.29 is 27.2 Å². The highest BCUT2D eigenvalue weighted by molar-refractivity contribution is 7.86. The number of benzene rings is 3. The monoisotopic (exact) mass is 440 g/mol. The predicted molar refractivity (Wildman–Crippen MR) is 117 cm³/mol. The quantitative estimate of drug-likeness (QED) is 0.419. The molecule has 0 radical (unpaired) electrons. The zero-order chi connectivity index (χ0) is 22.6. The van der Waals surface area contributed by atoms with Gasteiger partial charge in [-0.05, 0) is 43.7 Å². The van der Waals surface area contributed by atoms with E-state index in [0.717, 1.165) is 5.56 Å². The first-order valence-electron chi connectivity index (χ1n) is 9.61. The van der Waals surface area contributed by atoms with Gasteiger partial charge in [0.1, 0.15) is 11.9 Å². The fourth-order valence-corrected chi connectivity index (χ4v) is 4.30. The average molecular weight is 441 g/mol. The number of carbonyl (C=O) groups excluding carboxylic acids is 1. The van der Waals surface area contributed by atoms with Gasteiger partial charge >= 0.3 is 0 Å². The summed E-state index contributed by atoms with van der Waals surface area (Å²) in [5.74, 6) is -0.234. The van der Waals surface area contributed by atoms with Gasteiger partial charge < -0.3 is 9.84 Å². The normalized spacial score (nSPS) is 14.5. The Hall–Kier alpha value is -3.00. The van der Waals surface area contributed by atoms with E-state index in [4.69, 9.17) is 8.92 Å². The van der Waals surface area contributed by atoms with Crippen LogP contribution >= 0.6 is 0 Å². The number of Topliss-reactive ketones (excluding diaryl/α,β-unsaturated/α-hetero) is 1. The molecule has 0 aliphatic carbocycles. The molecule has 7 heteroatoms. The highest BCUT2D eigenvalue weighted by atomic mass is 32.2. The van der Waals surface area contributed by atoms with Crippen LogP contribution in [0, 0.1) is 6.92 Å². The minimum atomic E-state index is -4.30. The minimum absolute atomic E-state index is 0.0750. The van der Waals surface area contributed by atoms with Crippen molar-refractivity contribution in [2.45, 2.75) is 30.4 Å². The highest BCUT2D eigenvalue weighted by Gasteiger charge is 2.44. The fourth-order valence-electron chi connectivity index (χ4n) is 3.17. The van der Waals surface area contributed by atoms with Crippen LogP contribution < -0.4 is 4.74 Å². The summed E-state index contributed by atoms with van der Waals surface area (Å²) in [5, 5.41) is 11.3. The van der Waals surface area contributed by atoms with Crippen LogP contribution in [0.25, 0.3) is 0 Å². The third-order valence-corrected chi connectivity index (χ3v) is 6.23. The van der Waals surface area contributed by atoms with Crippen LogP contribution in [0.5, 0.6) is 5.75 Å². The maximum Gasteiger partial charge on any atom is 0.297 e. The lowest BCUT2D eigenvalue weighted by Gasteiger charge is -2.31. The van der Waals surface area contributed by atoms with Gasteiger partial charge in [-0.15, -0.1) is 0 Å². The van der Waals surface area contributed by atoms with Crippen molar-refractivity contribution in [3.8, 4) is 5.75 Å². The highest BCUT2D eigenvalue weighted by Crippen LogP contribution is 2.36. The average Bonchev–Trinajstić information content (AvgIpc) is 2.77. The second kappa shape index (κ2) is 9.01. The molecular weight excluding hydrogens is 416 g/mol. The standard InChI is InChI=1S/C24H24O6S/c1-17-12-14-21(15-13-17)31(27,28)30-23(19-10-7-11-20(16-19)29-3)24(2,26)22(25)18-8-5-4-6-9-18/h4-16,23,26H,1-3H3. The number of rotatable bonds is 8. The van der Waals surface area contributed by atoms with E-state index in [9.17, 15) is 18.3 Å². The molecule has 0 amide bonds. The summed E-state index contributed by atoms with van der Waals surface area (Å²) in [6.45, 7) is 3.08. The summed E-state index contributed by atoms with van der Waals surface area (Å²) >= 11 is 0. The Balaban J connectivity index is 2.08. The van der Waals surface area contributed by atoms with Gasteiger partial charge in [0.15, 0.2) is 11.4 Å². The smallest absolute Gasteiger partial charge is 0.297 e. The van der Waals surface area contributed by atoms with Crippen molar-refractivity contribution in [1.29, 1.82) is 0 Å². The third-order valence-electron chi connectivity index (χ3n) is 4.94. The zero-order valence-electron chi connectivity index (χ0n) is 17.5. The Labute approximate surface area is 182 Å². The molecule has 0 saturated carbocycles. The Morgan fingerprint density at radius 1 is 0.968 bits per heavy atom. The van der Waals surface area contributed by atoms with E-state index in [1.807, 2.05) is 6.92 Å². The maximum absolute atomic E-state index is 13.1. The number of hydrogen-bond donors (Lipinski definition) is 1. The van der Waals surface area contributed by atoms with Crippen molar-refractivity contribution >= 4 is 15.9 Å². The second-order valence-electron chi connectivity index (χ2n) is 7.36. The Kier molecular flexibility index (Phi) is 6.59. The number of ketones is 1. The van der Waals surface area contributed by atoms with Gasteiger partial charge in [0.25, 0.3) is 10.1 Å². The molecule has 0 fully saturated rings. The van der Waals surface area contributed by atoms with E-state index in [1.54, 1.807) is 60.7 Å². The molecule has 31 heavy (non-hydrogen) atoms. The molecule has 3 aromatic carbocycles. The molecule has 0 saturated heterocycles. The summed E-state index contributed by atoms with van der Waals surface area (Å²) in [5.41, 5.74) is -0.790. The van der Waals surface area contributed by atoms with E-state index in [-0.39, 0.29) is 16.0 Å². The van der Waals surface area contributed by atoms with E-state index < -0.39 is 27.6 Å². The number of carbonyl (C=O) groups is 1. The summed E-state index contributed by atoms with van der Waals surface area (Å²) in [4.78, 5) is 13.1. The lowest BCUT2D eigenvalue weighted by atomic mass is 9.86. The van der Waals surface area contributed by atoms with Gasteiger partial charge in [-0.25, -0.2) is 0 Å². The third kappa shape index (κ3) is 5.02. The summed E-state index contributed by atoms with van der Waals surface area (Å²) in [7, 11) is -2.83. The fraction of sp³-hybridized carbons (Fsp3) is 0.208. The zero-order valence-corrected chi connectivity index (χ0v) is 18.3. The van der Waals surface area contributed by atoms with Crippen LogP contribution in [-0.4, -0.2) is 32.0 Å². The van der Waals surface area contributed by atoms with Crippen molar-refractivity contribution in [3.05, 3.63) is 95.6 Å². The Morgan fingerprint density at radius 3 is 2.23 bits per heavy atom. The van der Waals surface area contributed by atoms with Crippen molar-refractivity contribution in [1.82, 2.24) is 0 Å². The molecular formula is C24H24O6S. The van der Waals surface area contributed by atoms with Gasteiger partial charge in [0, 0.05) is 5.56 Å².